The second-order valence-electron chi connectivity index (χ2n) is 4.95. The van der Waals surface area contributed by atoms with Crippen LogP contribution in [-0.4, -0.2) is 17.6 Å². The molecule has 2 aromatic carbocycles. The van der Waals surface area contributed by atoms with Crippen LogP contribution in [0.5, 0.6) is 0 Å². The van der Waals surface area contributed by atoms with Crippen LogP contribution in [0.25, 0.3) is 0 Å². The molecule has 2 rings (SSSR count). The van der Waals surface area contributed by atoms with Crippen molar-refractivity contribution in [3.63, 3.8) is 0 Å². The maximum Gasteiger partial charge on any atom is 0.220 e. The van der Waals surface area contributed by atoms with Crippen LogP contribution >= 0.6 is 0 Å². The van der Waals surface area contributed by atoms with Crippen LogP contribution < -0.4 is 11.1 Å². The lowest BCUT2D eigenvalue weighted by atomic mass is 10.1. The predicted octanol–water partition coefficient (Wildman–Crippen LogP) is 2.05. The summed E-state index contributed by atoms with van der Waals surface area (Å²) < 4.78 is 0. The summed E-state index contributed by atoms with van der Waals surface area (Å²) in [6.07, 6.45) is 1.03. The third kappa shape index (κ3) is 4.61. The number of aliphatic hydroxyl groups excluding tert-OH is 1. The Morgan fingerprint density at radius 3 is 2.38 bits per heavy atom. The van der Waals surface area contributed by atoms with Crippen molar-refractivity contribution in [1.29, 1.82) is 0 Å². The van der Waals surface area contributed by atoms with Gasteiger partial charge in [0.1, 0.15) is 0 Å². The zero-order valence-electron chi connectivity index (χ0n) is 11.8. The van der Waals surface area contributed by atoms with Gasteiger partial charge in [-0.05, 0) is 29.7 Å². The molecule has 4 N–H and O–H groups in total. The highest BCUT2D eigenvalue weighted by Gasteiger charge is 2.13. The van der Waals surface area contributed by atoms with E-state index in [9.17, 15) is 9.90 Å². The van der Waals surface area contributed by atoms with Gasteiger partial charge >= 0.3 is 0 Å². The minimum absolute atomic E-state index is 0.0743. The van der Waals surface area contributed by atoms with Gasteiger partial charge in [0.05, 0.1) is 12.6 Å². The van der Waals surface area contributed by atoms with Gasteiger partial charge in [-0.3, -0.25) is 4.79 Å². The van der Waals surface area contributed by atoms with Gasteiger partial charge in [0, 0.05) is 12.1 Å². The van der Waals surface area contributed by atoms with Crippen LogP contribution in [0.4, 0.5) is 5.69 Å². The van der Waals surface area contributed by atoms with E-state index >= 15 is 0 Å². The number of nitrogens with two attached hydrogens (primary N) is 1. The van der Waals surface area contributed by atoms with Crippen LogP contribution in [0, 0.1) is 0 Å². The highest BCUT2D eigenvalue weighted by atomic mass is 16.3. The predicted molar refractivity (Wildman–Crippen MR) is 83.6 cm³/mol. The van der Waals surface area contributed by atoms with E-state index in [0.717, 1.165) is 11.1 Å². The fraction of sp³-hybridized carbons (Fsp3) is 0.235. The zero-order chi connectivity index (χ0) is 15.1. The lowest BCUT2D eigenvalue weighted by molar-refractivity contribution is -0.122. The van der Waals surface area contributed by atoms with Crippen molar-refractivity contribution in [2.75, 3.05) is 12.3 Å². The largest absolute Gasteiger partial charge is 0.399 e. The molecule has 2 aromatic rings. The van der Waals surface area contributed by atoms with Gasteiger partial charge in [0.15, 0.2) is 0 Å². The van der Waals surface area contributed by atoms with E-state index < -0.39 is 0 Å². The van der Waals surface area contributed by atoms with Crippen LogP contribution in [-0.2, 0) is 11.2 Å². The first kappa shape index (κ1) is 15.1. The Balaban J connectivity index is 1.87. The summed E-state index contributed by atoms with van der Waals surface area (Å²) in [5.74, 6) is -0.0743. The van der Waals surface area contributed by atoms with Crippen LogP contribution in [0.2, 0.25) is 0 Å². The summed E-state index contributed by atoms with van der Waals surface area (Å²) in [4.78, 5) is 12.0. The van der Waals surface area contributed by atoms with Crippen LogP contribution in [0.1, 0.15) is 23.6 Å². The van der Waals surface area contributed by atoms with E-state index in [1.54, 1.807) is 0 Å². The Morgan fingerprint density at radius 1 is 1.10 bits per heavy atom. The fourth-order valence-corrected chi connectivity index (χ4v) is 2.13. The van der Waals surface area contributed by atoms with Crippen molar-refractivity contribution in [3.8, 4) is 0 Å². The Kier molecular flexibility index (Phi) is 5.35. The number of nitrogen functional groups attached to an aromatic ring is 1. The van der Waals surface area contributed by atoms with Gasteiger partial charge in [-0.25, -0.2) is 0 Å². The molecule has 0 spiro atoms. The first-order valence-electron chi connectivity index (χ1n) is 6.98. The third-order valence-corrected chi connectivity index (χ3v) is 3.34. The molecule has 0 aliphatic rings. The second kappa shape index (κ2) is 7.45. The molecule has 0 fully saturated rings. The average molecular weight is 284 g/mol. The van der Waals surface area contributed by atoms with Gasteiger partial charge in [-0.15, -0.1) is 0 Å². The van der Waals surface area contributed by atoms with Crippen LogP contribution in [0.15, 0.2) is 54.6 Å². The molecule has 0 bridgehead atoms. The average Bonchev–Trinajstić information content (AvgIpc) is 2.53. The number of hydrogen-bond donors (Lipinski definition) is 3. The molecule has 21 heavy (non-hydrogen) atoms. The number of aryl methyl sites for hydroxylation is 1. The van der Waals surface area contributed by atoms with E-state index in [1.165, 1.54) is 0 Å². The summed E-state index contributed by atoms with van der Waals surface area (Å²) in [5, 5.41) is 12.3. The molecule has 4 heteroatoms. The quantitative estimate of drug-likeness (QED) is 0.711. The SMILES string of the molecule is Nc1ccc(CCC(=O)N[C@@H](CO)c2ccccc2)cc1. The number of hydrogen-bond acceptors (Lipinski definition) is 3. The van der Waals surface area contributed by atoms with Crippen LogP contribution in [0.3, 0.4) is 0 Å². The first-order valence-corrected chi connectivity index (χ1v) is 6.98. The number of carbonyl (C=O) groups is 1. The van der Waals surface area contributed by atoms with Crippen molar-refractivity contribution in [2.24, 2.45) is 0 Å². The van der Waals surface area contributed by atoms with E-state index in [4.69, 9.17) is 5.73 Å². The minimum atomic E-state index is -0.356. The molecule has 0 aliphatic carbocycles. The monoisotopic (exact) mass is 284 g/mol. The van der Waals surface area contributed by atoms with Gasteiger partial charge in [0.25, 0.3) is 0 Å². The molecule has 0 saturated carbocycles. The van der Waals surface area contributed by atoms with E-state index in [-0.39, 0.29) is 18.6 Å². The molecule has 1 amide bonds. The van der Waals surface area contributed by atoms with Crippen molar-refractivity contribution in [3.05, 3.63) is 65.7 Å². The molecule has 1 atom stereocenters. The molecule has 0 heterocycles. The van der Waals surface area contributed by atoms with Crippen molar-refractivity contribution >= 4 is 11.6 Å². The summed E-state index contributed by atoms with van der Waals surface area (Å²) in [6, 6.07) is 16.6. The minimum Gasteiger partial charge on any atom is -0.399 e. The van der Waals surface area contributed by atoms with Gasteiger partial charge in [-0.2, -0.15) is 0 Å². The number of rotatable bonds is 6. The molecule has 110 valence electrons. The number of nitrogens with one attached hydrogen (secondary N) is 1. The van der Waals surface area contributed by atoms with E-state index in [1.807, 2.05) is 54.6 Å². The third-order valence-electron chi connectivity index (χ3n) is 3.34. The molecule has 0 unspecified atom stereocenters. The smallest absolute Gasteiger partial charge is 0.220 e. The number of benzene rings is 2. The zero-order valence-corrected chi connectivity index (χ0v) is 11.8. The van der Waals surface area contributed by atoms with Crippen molar-refractivity contribution < 1.29 is 9.90 Å². The highest BCUT2D eigenvalue weighted by Crippen LogP contribution is 2.12. The molecular formula is C17H20N2O2. The summed E-state index contributed by atoms with van der Waals surface area (Å²) in [7, 11) is 0. The Morgan fingerprint density at radius 2 is 1.76 bits per heavy atom. The Hall–Kier alpha value is -2.33. The van der Waals surface area contributed by atoms with E-state index in [0.29, 0.717) is 18.5 Å². The van der Waals surface area contributed by atoms with Gasteiger partial charge in [-0.1, -0.05) is 42.5 Å². The maximum atomic E-state index is 12.0. The topological polar surface area (TPSA) is 75.4 Å². The summed E-state index contributed by atoms with van der Waals surface area (Å²) in [5.41, 5.74) is 8.31. The van der Waals surface area contributed by atoms with Gasteiger partial charge < -0.3 is 16.2 Å². The number of aliphatic hydroxyl groups is 1. The van der Waals surface area contributed by atoms with Gasteiger partial charge in [0.2, 0.25) is 5.91 Å². The number of carbonyl (C=O) groups excluding carboxylic acids is 1. The molecule has 0 radical (unpaired) electrons. The molecular weight excluding hydrogens is 264 g/mol. The first-order chi connectivity index (χ1) is 10.2. The number of anilines is 1. The lowest BCUT2D eigenvalue weighted by Crippen LogP contribution is -2.30. The lowest BCUT2D eigenvalue weighted by Gasteiger charge is -2.16. The molecule has 0 saturated heterocycles. The Bertz CT molecular complexity index is 567. The van der Waals surface area contributed by atoms with Crippen molar-refractivity contribution in [1.82, 2.24) is 5.32 Å². The molecule has 0 aliphatic heterocycles. The highest BCUT2D eigenvalue weighted by molar-refractivity contribution is 5.76. The number of amides is 1. The second-order valence-corrected chi connectivity index (χ2v) is 4.95. The van der Waals surface area contributed by atoms with E-state index in [2.05, 4.69) is 5.32 Å². The van der Waals surface area contributed by atoms with Crippen molar-refractivity contribution in [2.45, 2.75) is 18.9 Å². The molecule has 4 nitrogen and oxygen atoms in total. The standard InChI is InChI=1S/C17H20N2O2/c18-15-9-6-13(7-10-15)8-11-17(21)19-16(12-20)14-4-2-1-3-5-14/h1-7,9-10,16,20H,8,11-12,18H2,(H,19,21)/t16-/m0/s1. The Labute approximate surface area is 124 Å². The maximum absolute atomic E-state index is 12.0. The summed E-state index contributed by atoms with van der Waals surface area (Å²) in [6.45, 7) is -0.113. The molecule has 0 aromatic heterocycles. The fourth-order valence-electron chi connectivity index (χ4n) is 2.13. The summed E-state index contributed by atoms with van der Waals surface area (Å²) >= 11 is 0. The normalized spacial score (nSPS) is 11.9.